The summed E-state index contributed by atoms with van der Waals surface area (Å²) in [4.78, 5) is 13.4. The Hall–Kier alpha value is -2.29. The highest BCUT2D eigenvalue weighted by Gasteiger charge is 2.25. The maximum atomic E-state index is 11.0. The van der Waals surface area contributed by atoms with Crippen LogP contribution in [-0.2, 0) is 13.0 Å². The van der Waals surface area contributed by atoms with Crippen molar-refractivity contribution in [1.82, 2.24) is 0 Å². The number of benzene rings is 2. The first-order chi connectivity index (χ1) is 9.65. The lowest BCUT2D eigenvalue weighted by molar-refractivity contribution is 0.0697. The van der Waals surface area contributed by atoms with Gasteiger partial charge >= 0.3 is 5.97 Å². The highest BCUT2D eigenvalue weighted by atomic mass is 16.4. The predicted molar refractivity (Wildman–Crippen MR) is 79.2 cm³/mol. The summed E-state index contributed by atoms with van der Waals surface area (Å²) in [6.45, 7) is 2.96. The van der Waals surface area contributed by atoms with E-state index >= 15 is 0 Å². The van der Waals surface area contributed by atoms with Crippen molar-refractivity contribution >= 4 is 11.7 Å². The fourth-order valence-corrected chi connectivity index (χ4v) is 2.87. The molecule has 3 heteroatoms. The minimum absolute atomic E-state index is 0.350. The topological polar surface area (TPSA) is 40.5 Å². The second-order valence-electron chi connectivity index (χ2n) is 5.32. The Labute approximate surface area is 118 Å². The molecule has 102 valence electrons. The fraction of sp³-hybridized carbons (Fsp3) is 0.235. The van der Waals surface area contributed by atoms with Gasteiger partial charge in [0.2, 0.25) is 0 Å². The summed E-state index contributed by atoms with van der Waals surface area (Å²) in [7, 11) is 0. The number of nitrogens with zero attached hydrogens (tertiary/aromatic N) is 1. The Morgan fingerprint density at radius 3 is 2.85 bits per heavy atom. The monoisotopic (exact) mass is 267 g/mol. The third-order valence-corrected chi connectivity index (χ3v) is 3.88. The first-order valence-electron chi connectivity index (χ1n) is 6.82. The molecule has 0 saturated carbocycles. The Bertz CT molecular complexity index is 651. The van der Waals surface area contributed by atoms with Crippen LogP contribution in [0.25, 0.3) is 0 Å². The van der Waals surface area contributed by atoms with Gasteiger partial charge in [0.25, 0.3) is 0 Å². The van der Waals surface area contributed by atoms with Gasteiger partial charge in [0.05, 0.1) is 5.56 Å². The number of anilines is 1. The zero-order valence-corrected chi connectivity index (χ0v) is 11.4. The van der Waals surface area contributed by atoms with Crippen molar-refractivity contribution in [3.63, 3.8) is 0 Å². The van der Waals surface area contributed by atoms with E-state index in [9.17, 15) is 4.79 Å². The second-order valence-corrected chi connectivity index (χ2v) is 5.32. The van der Waals surface area contributed by atoms with Crippen LogP contribution in [-0.4, -0.2) is 17.1 Å². The Morgan fingerprint density at radius 2 is 2.05 bits per heavy atom. The van der Waals surface area contributed by atoms with E-state index in [-0.39, 0.29) is 0 Å². The summed E-state index contributed by atoms with van der Waals surface area (Å²) in [5.41, 5.74) is 4.02. The van der Waals surface area contributed by atoms with Crippen LogP contribution in [0.2, 0.25) is 0 Å². The van der Waals surface area contributed by atoms with E-state index < -0.39 is 5.97 Å². The van der Waals surface area contributed by atoms with Gasteiger partial charge in [-0.25, -0.2) is 4.79 Å². The number of carboxylic acids is 1. The van der Waals surface area contributed by atoms with E-state index in [4.69, 9.17) is 5.11 Å². The lowest BCUT2D eigenvalue weighted by Gasteiger charge is -2.25. The van der Waals surface area contributed by atoms with Gasteiger partial charge in [-0.05, 0) is 42.7 Å². The number of hydrogen-bond acceptors (Lipinski definition) is 2. The van der Waals surface area contributed by atoms with Crippen molar-refractivity contribution < 1.29 is 9.90 Å². The molecule has 0 aromatic heterocycles. The standard InChI is InChI=1S/C17H17NO2/c1-12-9-14-6-2-3-8-16(14)18(12)11-13-5-4-7-15(10-13)17(19)20/h2-8,10,12H,9,11H2,1H3,(H,19,20). The molecular formula is C17H17NO2. The number of hydrogen-bond donors (Lipinski definition) is 1. The molecule has 0 bridgehead atoms. The van der Waals surface area contributed by atoms with E-state index in [1.54, 1.807) is 12.1 Å². The smallest absolute Gasteiger partial charge is 0.335 e. The SMILES string of the molecule is CC1Cc2ccccc2N1Cc1cccc(C(=O)O)c1. The predicted octanol–water partition coefficient (Wildman–Crippen LogP) is 3.34. The molecule has 1 aliphatic heterocycles. The van der Waals surface area contributed by atoms with Crippen LogP contribution >= 0.6 is 0 Å². The summed E-state index contributed by atoms with van der Waals surface area (Å²) in [6, 6.07) is 16.1. The number of aromatic carboxylic acids is 1. The Kier molecular flexibility index (Phi) is 3.18. The third kappa shape index (κ3) is 2.27. The molecule has 0 amide bonds. The molecule has 2 aromatic rings. The Morgan fingerprint density at radius 1 is 1.25 bits per heavy atom. The third-order valence-electron chi connectivity index (χ3n) is 3.88. The van der Waals surface area contributed by atoms with Crippen LogP contribution in [0.4, 0.5) is 5.69 Å². The molecule has 20 heavy (non-hydrogen) atoms. The molecule has 1 heterocycles. The van der Waals surface area contributed by atoms with E-state index in [1.165, 1.54) is 11.3 Å². The maximum absolute atomic E-state index is 11.0. The summed E-state index contributed by atoms with van der Waals surface area (Å²) in [6.07, 6.45) is 1.05. The lowest BCUT2D eigenvalue weighted by atomic mass is 10.1. The van der Waals surface area contributed by atoms with Crippen LogP contribution in [0, 0.1) is 0 Å². The molecule has 1 atom stereocenters. The minimum atomic E-state index is -0.873. The van der Waals surface area contributed by atoms with E-state index in [1.807, 2.05) is 12.1 Å². The highest BCUT2D eigenvalue weighted by molar-refractivity contribution is 5.87. The van der Waals surface area contributed by atoms with Crippen molar-refractivity contribution in [2.75, 3.05) is 4.90 Å². The average molecular weight is 267 g/mol. The van der Waals surface area contributed by atoms with Crippen molar-refractivity contribution in [3.05, 3.63) is 65.2 Å². The average Bonchev–Trinajstić information content (AvgIpc) is 2.76. The molecular weight excluding hydrogens is 250 g/mol. The van der Waals surface area contributed by atoms with Crippen molar-refractivity contribution in [2.45, 2.75) is 25.9 Å². The summed E-state index contributed by atoms with van der Waals surface area (Å²) in [5.74, 6) is -0.873. The zero-order valence-electron chi connectivity index (χ0n) is 11.4. The van der Waals surface area contributed by atoms with Gasteiger partial charge in [0.15, 0.2) is 0 Å². The molecule has 0 saturated heterocycles. The van der Waals surface area contributed by atoms with Gasteiger partial charge in [0.1, 0.15) is 0 Å². The number of para-hydroxylation sites is 1. The van der Waals surface area contributed by atoms with Gasteiger partial charge in [-0.3, -0.25) is 0 Å². The lowest BCUT2D eigenvalue weighted by Crippen LogP contribution is -2.28. The van der Waals surface area contributed by atoms with E-state index in [0.717, 1.165) is 18.5 Å². The normalized spacial score (nSPS) is 17.1. The molecule has 1 aliphatic rings. The maximum Gasteiger partial charge on any atom is 0.335 e. The van der Waals surface area contributed by atoms with Crippen LogP contribution < -0.4 is 4.90 Å². The molecule has 2 aromatic carbocycles. The second kappa shape index (κ2) is 5.00. The first-order valence-corrected chi connectivity index (χ1v) is 6.82. The number of rotatable bonds is 3. The largest absolute Gasteiger partial charge is 0.478 e. The molecule has 3 nitrogen and oxygen atoms in total. The van der Waals surface area contributed by atoms with E-state index in [2.05, 4.69) is 36.1 Å². The van der Waals surface area contributed by atoms with E-state index in [0.29, 0.717) is 11.6 Å². The summed E-state index contributed by atoms with van der Waals surface area (Å²) in [5, 5.41) is 9.07. The molecule has 0 spiro atoms. The first kappa shape index (κ1) is 12.7. The molecule has 0 radical (unpaired) electrons. The number of carbonyl (C=O) groups is 1. The number of fused-ring (bicyclic) bond motifs is 1. The van der Waals surface area contributed by atoms with Crippen molar-refractivity contribution in [3.8, 4) is 0 Å². The zero-order chi connectivity index (χ0) is 14.1. The fourth-order valence-electron chi connectivity index (χ4n) is 2.87. The quantitative estimate of drug-likeness (QED) is 0.927. The molecule has 1 N–H and O–H groups in total. The van der Waals surface area contributed by atoms with Gasteiger partial charge in [0, 0.05) is 18.3 Å². The van der Waals surface area contributed by atoms with Crippen molar-refractivity contribution in [2.24, 2.45) is 0 Å². The van der Waals surface area contributed by atoms with Crippen molar-refractivity contribution in [1.29, 1.82) is 0 Å². The van der Waals surface area contributed by atoms with Gasteiger partial charge < -0.3 is 10.0 Å². The summed E-state index contributed by atoms with van der Waals surface area (Å²) >= 11 is 0. The number of carboxylic acid groups (broad SMARTS) is 1. The Balaban J connectivity index is 1.88. The highest BCUT2D eigenvalue weighted by Crippen LogP contribution is 2.33. The van der Waals surface area contributed by atoms with Crippen LogP contribution in [0.1, 0.15) is 28.4 Å². The van der Waals surface area contributed by atoms with Crippen LogP contribution in [0.5, 0.6) is 0 Å². The van der Waals surface area contributed by atoms with Gasteiger partial charge in [-0.1, -0.05) is 30.3 Å². The molecule has 0 fully saturated rings. The van der Waals surface area contributed by atoms with Gasteiger partial charge in [-0.2, -0.15) is 0 Å². The van der Waals surface area contributed by atoms with Gasteiger partial charge in [-0.15, -0.1) is 0 Å². The molecule has 0 aliphatic carbocycles. The van der Waals surface area contributed by atoms with Crippen LogP contribution in [0.3, 0.4) is 0 Å². The summed E-state index contributed by atoms with van der Waals surface area (Å²) < 4.78 is 0. The van der Waals surface area contributed by atoms with Crippen LogP contribution in [0.15, 0.2) is 48.5 Å². The minimum Gasteiger partial charge on any atom is -0.478 e. The molecule has 3 rings (SSSR count). The molecule has 1 unspecified atom stereocenters.